The van der Waals surface area contributed by atoms with Gasteiger partial charge >= 0.3 is 0 Å². The summed E-state index contributed by atoms with van der Waals surface area (Å²) >= 11 is 0. The van der Waals surface area contributed by atoms with Crippen LogP contribution in [-0.2, 0) is 16.1 Å². The second-order valence-electron chi connectivity index (χ2n) is 6.99. The number of benzene rings is 2. The molecule has 1 saturated heterocycles. The lowest BCUT2D eigenvalue weighted by Crippen LogP contribution is -2.53. The minimum absolute atomic E-state index is 0.138. The van der Waals surface area contributed by atoms with Gasteiger partial charge in [-0.1, -0.05) is 54.6 Å². The molecule has 1 N–H and O–H groups in total. The van der Waals surface area contributed by atoms with Gasteiger partial charge in [-0.25, -0.2) is 0 Å². The van der Waals surface area contributed by atoms with Crippen molar-refractivity contribution >= 4 is 5.91 Å². The van der Waals surface area contributed by atoms with E-state index in [1.807, 2.05) is 29.2 Å². The molecule has 2 aromatic carbocycles. The SMILES string of the molecule is O=C(N1Cc2ccccc2[C@H](c2ccccc2)C1)C1(O)CCOCC1. The Kier molecular flexibility index (Phi) is 4.32. The topological polar surface area (TPSA) is 49.8 Å². The van der Waals surface area contributed by atoms with Crippen molar-refractivity contribution in [2.24, 2.45) is 0 Å². The highest BCUT2D eigenvalue weighted by atomic mass is 16.5. The maximum atomic E-state index is 13.1. The summed E-state index contributed by atoms with van der Waals surface area (Å²) in [6, 6.07) is 18.6. The first kappa shape index (κ1) is 16.3. The lowest BCUT2D eigenvalue weighted by Gasteiger charge is -2.40. The maximum absolute atomic E-state index is 13.1. The summed E-state index contributed by atoms with van der Waals surface area (Å²) in [6.45, 7) is 2.04. The van der Waals surface area contributed by atoms with Crippen LogP contribution < -0.4 is 0 Å². The molecule has 4 nitrogen and oxygen atoms in total. The van der Waals surface area contributed by atoms with E-state index in [0.29, 0.717) is 39.1 Å². The number of nitrogens with zero attached hydrogens (tertiary/aromatic N) is 1. The molecule has 1 amide bonds. The minimum Gasteiger partial charge on any atom is -0.381 e. The molecule has 0 radical (unpaired) electrons. The first-order valence-corrected chi connectivity index (χ1v) is 8.90. The Bertz CT molecular complexity index is 753. The van der Waals surface area contributed by atoms with Crippen LogP contribution in [0.15, 0.2) is 54.6 Å². The van der Waals surface area contributed by atoms with Crippen molar-refractivity contribution < 1.29 is 14.6 Å². The second-order valence-corrected chi connectivity index (χ2v) is 6.99. The van der Waals surface area contributed by atoms with Crippen molar-refractivity contribution in [3.8, 4) is 0 Å². The van der Waals surface area contributed by atoms with Crippen LogP contribution in [0.3, 0.4) is 0 Å². The number of fused-ring (bicyclic) bond motifs is 1. The first-order chi connectivity index (χ1) is 12.2. The van der Waals surface area contributed by atoms with Gasteiger partial charge in [-0.2, -0.15) is 0 Å². The van der Waals surface area contributed by atoms with E-state index < -0.39 is 5.60 Å². The lowest BCUT2D eigenvalue weighted by molar-refractivity contribution is -0.162. The van der Waals surface area contributed by atoms with E-state index in [9.17, 15) is 9.90 Å². The zero-order valence-corrected chi connectivity index (χ0v) is 14.2. The summed E-state index contributed by atoms with van der Waals surface area (Å²) in [6.07, 6.45) is 0.750. The number of rotatable bonds is 2. The molecular weight excluding hydrogens is 314 g/mol. The molecule has 2 aliphatic heterocycles. The summed E-state index contributed by atoms with van der Waals surface area (Å²) in [5, 5.41) is 10.8. The number of hydrogen-bond acceptors (Lipinski definition) is 3. The van der Waals surface area contributed by atoms with Crippen molar-refractivity contribution in [1.29, 1.82) is 0 Å². The molecule has 0 spiro atoms. The highest BCUT2D eigenvalue weighted by Gasteiger charge is 2.42. The quantitative estimate of drug-likeness (QED) is 0.917. The third-order valence-electron chi connectivity index (χ3n) is 5.40. The molecule has 0 aliphatic carbocycles. The molecule has 2 heterocycles. The van der Waals surface area contributed by atoms with E-state index in [2.05, 4.69) is 30.3 Å². The van der Waals surface area contributed by atoms with Crippen LogP contribution in [0.4, 0.5) is 0 Å². The molecule has 130 valence electrons. The highest BCUT2D eigenvalue weighted by Crippen LogP contribution is 2.35. The van der Waals surface area contributed by atoms with Crippen molar-refractivity contribution in [2.75, 3.05) is 19.8 Å². The number of aliphatic hydroxyl groups is 1. The Morgan fingerprint density at radius 1 is 1.04 bits per heavy atom. The molecule has 0 saturated carbocycles. The van der Waals surface area contributed by atoms with Crippen LogP contribution in [0.5, 0.6) is 0 Å². The van der Waals surface area contributed by atoms with E-state index in [1.54, 1.807) is 0 Å². The average molecular weight is 337 g/mol. The third kappa shape index (κ3) is 3.08. The minimum atomic E-state index is -1.29. The molecule has 1 fully saturated rings. The zero-order chi connectivity index (χ0) is 17.3. The van der Waals surface area contributed by atoms with Gasteiger partial charge in [-0.15, -0.1) is 0 Å². The molecule has 2 aromatic rings. The Balaban J connectivity index is 1.67. The van der Waals surface area contributed by atoms with E-state index in [4.69, 9.17) is 4.74 Å². The van der Waals surface area contributed by atoms with Crippen molar-refractivity contribution in [3.05, 3.63) is 71.3 Å². The van der Waals surface area contributed by atoms with E-state index in [0.717, 1.165) is 5.56 Å². The molecule has 4 rings (SSSR count). The summed E-state index contributed by atoms with van der Waals surface area (Å²) in [7, 11) is 0. The molecular formula is C21H23NO3. The fourth-order valence-corrected chi connectivity index (χ4v) is 3.95. The van der Waals surface area contributed by atoms with Gasteiger partial charge in [0.1, 0.15) is 5.60 Å². The van der Waals surface area contributed by atoms with Gasteiger partial charge in [0.05, 0.1) is 0 Å². The van der Waals surface area contributed by atoms with Crippen molar-refractivity contribution in [1.82, 2.24) is 4.90 Å². The molecule has 0 unspecified atom stereocenters. The predicted molar refractivity (Wildman–Crippen MR) is 95.1 cm³/mol. The lowest BCUT2D eigenvalue weighted by atomic mass is 9.83. The van der Waals surface area contributed by atoms with Crippen LogP contribution >= 0.6 is 0 Å². The Hall–Kier alpha value is -2.17. The molecule has 0 aromatic heterocycles. The molecule has 0 bridgehead atoms. The largest absolute Gasteiger partial charge is 0.381 e. The summed E-state index contributed by atoms with van der Waals surface area (Å²) in [4.78, 5) is 14.9. The summed E-state index contributed by atoms with van der Waals surface area (Å²) in [5.41, 5.74) is 2.35. The Morgan fingerprint density at radius 3 is 2.48 bits per heavy atom. The Morgan fingerprint density at radius 2 is 1.72 bits per heavy atom. The van der Waals surface area contributed by atoms with Crippen molar-refractivity contribution in [2.45, 2.75) is 30.9 Å². The van der Waals surface area contributed by atoms with Crippen LogP contribution in [0.2, 0.25) is 0 Å². The van der Waals surface area contributed by atoms with Crippen LogP contribution in [0.1, 0.15) is 35.4 Å². The van der Waals surface area contributed by atoms with Crippen LogP contribution in [-0.4, -0.2) is 41.3 Å². The standard InChI is InChI=1S/C21H23NO3/c23-20(21(24)10-12-25-13-11-21)22-14-17-8-4-5-9-18(17)19(15-22)16-6-2-1-3-7-16/h1-9,19,24H,10-15H2/t19-/m0/s1. The van der Waals surface area contributed by atoms with Gasteiger partial charge in [-0.3, -0.25) is 4.79 Å². The van der Waals surface area contributed by atoms with Gasteiger partial charge in [0.2, 0.25) is 0 Å². The first-order valence-electron chi connectivity index (χ1n) is 8.90. The average Bonchev–Trinajstić information content (AvgIpc) is 2.68. The zero-order valence-electron chi connectivity index (χ0n) is 14.2. The molecule has 25 heavy (non-hydrogen) atoms. The van der Waals surface area contributed by atoms with Gasteiger partial charge in [0.25, 0.3) is 5.91 Å². The maximum Gasteiger partial charge on any atom is 0.255 e. The van der Waals surface area contributed by atoms with E-state index in [1.165, 1.54) is 11.1 Å². The van der Waals surface area contributed by atoms with Gasteiger partial charge in [0, 0.05) is 45.1 Å². The Labute approximate surface area is 148 Å². The van der Waals surface area contributed by atoms with Crippen molar-refractivity contribution in [3.63, 3.8) is 0 Å². The molecule has 1 atom stereocenters. The predicted octanol–water partition coefficient (Wildman–Crippen LogP) is 2.70. The third-order valence-corrected chi connectivity index (χ3v) is 5.40. The summed E-state index contributed by atoms with van der Waals surface area (Å²) < 4.78 is 5.32. The van der Waals surface area contributed by atoms with E-state index >= 15 is 0 Å². The van der Waals surface area contributed by atoms with Crippen LogP contribution in [0, 0.1) is 0 Å². The monoisotopic (exact) mass is 337 g/mol. The summed E-state index contributed by atoms with van der Waals surface area (Å²) in [5.74, 6) is -0.0234. The number of amides is 1. The van der Waals surface area contributed by atoms with E-state index in [-0.39, 0.29) is 11.8 Å². The normalized spacial score (nSPS) is 22.3. The number of carbonyl (C=O) groups is 1. The van der Waals surface area contributed by atoms with Gasteiger partial charge in [0.15, 0.2) is 0 Å². The number of carbonyl (C=O) groups excluding carboxylic acids is 1. The molecule has 2 aliphatic rings. The van der Waals surface area contributed by atoms with Gasteiger partial charge < -0.3 is 14.7 Å². The second kappa shape index (κ2) is 6.62. The van der Waals surface area contributed by atoms with Crippen LogP contribution in [0.25, 0.3) is 0 Å². The number of hydrogen-bond donors (Lipinski definition) is 1. The fraction of sp³-hybridized carbons (Fsp3) is 0.381. The smallest absolute Gasteiger partial charge is 0.255 e. The fourth-order valence-electron chi connectivity index (χ4n) is 3.95. The number of ether oxygens (including phenoxy) is 1. The van der Waals surface area contributed by atoms with Gasteiger partial charge in [-0.05, 0) is 16.7 Å². The highest BCUT2D eigenvalue weighted by molar-refractivity contribution is 5.85. The molecule has 4 heteroatoms.